The van der Waals surface area contributed by atoms with Gasteiger partial charge in [0, 0.05) is 30.0 Å². The molecule has 17 atom stereocenters. The molecule has 1 amide bonds. The lowest BCUT2D eigenvalue weighted by Crippen LogP contribution is -2.68. The van der Waals surface area contributed by atoms with E-state index in [0.29, 0.717) is 46.7 Å². The van der Waals surface area contributed by atoms with Crippen LogP contribution in [0.3, 0.4) is 0 Å². The van der Waals surface area contributed by atoms with Crippen LogP contribution >= 0.6 is 11.6 Å². The highest BCUT2D eigenvalue weighted by atomic mass is 35.5. The zero-order chi connectivity index (χ0) is 34.1. The van der Waals surface area contributed by atoms with Crippen molar-refractivity contribution in [3.05, 3.63) is 29.3 Å². The maximum atomic E-state index is 13.7. The standard InChI is InChI=1S/C39H54ClNO8/c1-20-7-13-28-22(3)30(43-33-38(28)26(20)15-17-36(5,46-33)48-38)19-31(44-35(42)41-25-11-9-24(40)10-12-25)32-23(4)29-14-8-21(2)27-16-18-37(6)47-34(45-32)39(27,29)49-37/h9-12,20-23,26-34H,7-8,13-19H2,1-6H3,(H,41,42)/t20-,21-,22-,23-,26+,27+,28+,29+,30-,31+,32?,33?,34-,36+,37+,38-,39?/m1/s1. The molecule has 6 aliphatic heterocycles. The fourth-order valence-corrected chi connectivity index (χ4v) is 12.6. The van der Waals surface area contributed by atoms with Crippen molar-refractivity contribution in [2.45, 2.75) is 153 Å². The van der Waals surface area contributed by atoms with Crippen molar-refractivity contribution in [2.75, 3.05) is 5.32 Å². The predicted octanol–water partition coefficient (Wildman–Crippen LogP) is 8.29. The third kappa shape index (κ3) is 4.95. The third-order valence-electron chi connectivity index (χ3n) is 14.7. The lowest BCUT2D eigenvalue weighted by atomic mass is 9.55. The Labute approximate surface area is 295 Å². The van der Waals surface area contributed by atoms with Crippen molar-refractivity contribution in [1.82, 2.24) is 0 Å². The van der Waals surface area contributed by atoms with Gasteiger partial charge in [0.05, 0.1) is 6.10 Å². The average molecular weight is 700 g/mol. The molecule has 9 rings (SSSR count). The van der Waals surface area contributed by atoms with Gasteiger partial charge in [-0.15, -0.1) is 0 Å². The van der Waals surface area contributed by atoms with Gasteiger partial charge in [-0.2, -0.15) is 0 Å². The summed E-state index contributed by atoms with van der Waals surface area (Å²) in [6.45, 7) is 13.4. The first-order chi connectivity index (χ1) is 23.3. The monoisotopic (exact) mass is 699 g/mol. The molecule has 4 bridgehead atoms. The number of fused-ring (bicyclic) bond motifs is 2. The van der Waals surface area contributed by atoms with E-state index in [4.69, 9.17) is 44.8 Å². The Morgan fingerprint density at radius 3 is 1.94 bits per heavy atom. The molecule has 3 unspecified atom stereocenters. The first-order valence-corrected chi connectivity index (χ1v) is 19.5. The molecule has 1 N–H and O–H groups in total. The number of nitrogens with one attached hydrogen (secondary N) is 1. The Bertz CT molecular complexity index is 1460. The molecular formula is C39H54ClNO8. The molecule has 8 aliphatic rings. The summed E-state index contributed by atoms with van der Waals surface area (Å²) < 4.78 is 47.9. The fourth-order valence-electron chi connectivity index (χ4n) is 12.4. The van der Waals surface area contributed by atoms with E-state index >= 15 is 0 Å². The molecule has 0 aromatic heterocycles. The summed E-state index contributed by atoms with van der Waals surface area (Å²) in [4.78, 5) is 13.7. The normalized spacial score (nSPS) is 52.9. The summed E-state index contributed by atoms with van der Waals surface area (Å²) in [5.74, 6) is 1.36. The highest BCUT2D eigenvalue weighted by molar-refractivity contribution is 6.30. The van der Waals surface area contributed by atoms with E-state index in [0.717, 1.165) is 44.9 Å². The van der Waals surface area contributed by atoms with Crippen molar-refractivity contribution < 1.29 is 38.0 Å². The summed E-state index contributed by atoms with van der Waals surface area (Å²) >= 11 is 6.12. The molecule has 2 aliphatic carbocycles. The van der Waals surface area contributed by atoms with E-state index in [2.05, 4.69) is 46.9 Å². The molecule has 1 aromatic carbocycles. The SMILES string of the molecule is C[C@H]1[C@@H](C[C@H](OC(=O)Nc2ccc(Cl)cc2)C2O[C@@H]3O[C@]4(C)CC[C@H]5[C@H](C)CC[C@@H]([C@H]2C)C35O4)OC2O[C@]3(C)CC[C@H]4[C@H](C)CC[C@@H]1[C@@]24O3. The first-order valence-electron chi connectivity index (χ1n) is 19.1. The number of ether oxygens (including phenoxy) is 7. The summed E-state index contributed by atoms with van der Waals surface area (Å²) in [5, 5.41) is 3.54. The lowest BCUT2D eigenvalue weighted by Gasteiger charge is -2.60. The highest BCUT2D eigenvalue weighted by Gasteiger charge is 2.73. The zero-order valence-electron chi connectivity index (χ0n) is 29.8. The lowest BCUT2D eigenvalue weighted by molar-refractivity contribution is -0.308. The van der Waals surface area contributed by atoms with Gasteiger partial charge >= 0.3 is 6.09 Å². The Balaban J connectivity index is 1.03. The van der Waals surface area contributed by atoms with Crippen molar-refractivity contribution in [1.29, 1.82) is 0 Å². The van der Waals surface area contributed by atoms with Crippen LogP contribution < -0.4 is 5.32 Å². The van der Waals surface area contributed by atoms with Crippen molar-refractivity contribution >= 4 is 23.4 Å². The molecule has 2 spiro atoms. The number of rotatable bonds is 5. The van der Waals surface area contributed by atoms with Gasteiger partial charge in [0.25, 0.3) is 0 Å². The van der Waals surface area contributed by atoms with Gasteiger partial charge < -0.3 is 33.2 Å². The second-order valence-electron chi connectivity index (χ2n) is 17.5. The average Bonchev–Trinajstić information content (AvgIpc) is 3.41. The molecule has 0 radical (unpaired) electrons. The van der Waals surface area contributed by atoms with Gasteiger partial charge in [0.15, 0.2) is 24.2 Å². The van der Waals surface area contributed by atoms with E-state index < -0.39 is 53.7 Å². The van der Waals surface area contributed by atoms with E-state index in [1.54, 1.807) is 24.3 Å². The fraction of sp³-hybridized carbons (Fsp3) is 0.821. The van der Waals surface area contributed by atoms with Gasteiger partial charge in [-0.3, -0.25) is 5.32 Å². The minimum Gasteiger partial charge on any atom is -0.443 e. The number of hydrogen-bond acceptors (Lipinski definition) is 8. The molecule has 2 saturated carbocycles. The number of amides is 1. The Kier molecular flexibility index (Phi) is 7.85. The Morgan fingerprint density at radius 2 is 1.35 bits per heavy atom. The van der Waals surface area contributed by atoms with E-state index in [9.17, 15) is 4.79 Å². The third-order valence-corrected chi connectivity index (χ3v) is 15.0. The number of anilines is 1. The quantitative estimate of drug-likeness (QED) is 0.328. The molecule has 8 fully saturated rings. The highest BCUT2D eigenvalue weighted by Crippen LogP contribution is 2.66. The van der Waals surface area contributed by atoms with Crippen LogP contribution in [-0.2, 0) is 33.2 Å². The van der Waals surface area contributed by atoms with E-state index in [-0.39, 0.29) is 23.9 Å². The van der Waals surface area contributed by atoms with Crippen molar-refractivity contribution in [3.8, 4) is 0 Å². The molecule has 6 heterocycles. The second kappa shape index (κ2) is 11.5. The van der Waals surface area contributed by atoms with Gasteiger partial charge in [-0.05, 0) is 124 Å². The number of halogens is 1. The van der Waals surface area contributed by atoms with E-state index in [1.807, 2.05) is 0 Å². The molecule has 6 saturated heterocycles. The summed E-state index contributed by atoms with van der Waals surface area (Å²) in [7, 11) is 0. The van der Waals surface area contributed by atoms with Gasteiger partial charge in [-0.25, -0.2) is 4.79 Å². The molecule has 270 valence electrons. The number of carbonyl (C=O) groups is 1. The topological polar surface area (TPSA) is 93.7 Å². The van der Waals surface area contributed by atoms with Crippen LogP contribution in [0.15, 0.2) is 24.3 Å². The van der Waals surface area contributed by atoms with Crippen LogP contribution in [0.4, 0.5) is 10.5 Å². The summed E-state index contributed by atoms with van der Waals surface area (Å²) in [6.07, 6.45) is 6.14. The number of benzene rings is 1. The van der Waals surface area contributed by atoms with Crippen LogP contribution in [0.1, 0.15) is 99.3 Å². The van der Waals surface area contributed by atoms with Crippen LogP contribution in [0.2, 0.25) is 5.02 Å². The molecule has 10 heteroatoms. The van der Waals surface area contributed by atoms with Crippen LogP contribution in [0, 0.1) is 47.3 Å². The molecule has 1 aromatic rings. The number of carbonyl (C=O) groups excluding carboxylic acids is 1. The second-order valence-corrected chi connectivity index (χ2v) is 17.9. The summed E-state index contributed by atoms with van der Waals surface area (Å²) in [5.41, 5.74) is -0.292. The van der Waals surface area contributed by atoms with Crippen LogP contribution in [0.5, 0.6) is 0 Å². The Morgan fingerprint density at radius 1 is 0.796 bits per heavy atom. The molecule has 9 nitrogen and oxygen atoms in total. The zero-order valence-corrected chi connectivity index (χ0v) is 30.6. The van der Waals surface area contributed by atoms with Gasteiger partial charge in [0.1, 0.15) is 23.4 Å². The maximum Gasteiger partial charge on any atom is 0.411 e. The minimum atomic E-state index is -0.662. The Hall–Kier alpha value is -1.46. The van der Waals surface area contributed by atoms with Gasteiger partial charge in [-0.1, -0.05) is 39.3 Å². The van der Waals surface area contributed by atoms with E-state index in [1.165, 1.54) is 6.42 Å². The van der Waals surface area contributed by atoms with Crippen molar-refractivity contribution in [2.24, 2.45) is 47.3 Å². The minimum absolute atomic E-state index is 0.0676. The van der Waals surface area contributed by atoms with Crippen molar-refractivity contribution in [3.63, 3.8) is 0 Å². The van der Waals surface area contributed by atoms with Crippen LogP contribution in [-0.4, -0.2) is 59.8 Å². The predicted molar refractivity (Wildman–Crippen MR) is 181 cm³/mol. The first kappa shape index (κ1) is 33.4. The maximum absolute atomic E-state index is 13.7. The largest absolute Gasteiger partial charge is 0.443 e. The van der Waals surface area contributed by atoms with Crippen LogP contribution in [0.25, 0.3) is 0 Å². The summed E-state index contributed by atoms with van der Waals surface area (Å²) in [6, 6.07) is 7.06. The number of hydrogen-bond donors (Lipinski definition) is 1. The smallest absolute Gasteiger partial charge is 0.411 e. The molecular weight excluding hydrogens is 646 g/mol. The van der Waals surface area contributed by atoms with Gasteiger partial charge in [0.2, 0.25) is 0 Å². The molecule has 49 heavy (non-hydrogen) atoms.